The second kappa shape index (κ2) is 7.70. The molecule has 2 rings (SSSR count). The van der Waals surface area contributed by atoms with Crippen LogP contribution in [0.2, 0.25) is 0 Å². The quantitative estimate of drug-likeness (QED) is 0.572. The third-order valence-electron chi connectivity index (χ3n) is 3.06. The Balaban J connectivity index is 2.11. The number of rotatable bonds is 5. The van der Waals surface area contributed by atoms with E-state index in [4.69, 9.17) is 10.4 Å². The molecule has 2 aromatic carbocycles. The lowest BCUT2D eigenvalue weighted by Crippen LogP contribution is -2.14. The first-order valence-electron chi connectivity index (χ1n) is 6.87. The van der Waals surface area contributed by atoms with E-state index in [0.717, 1.165) is 24.4 Å². The smallest absolute Gasteiger partial charge is 0.335 e. The van der Waals surface area contributed by atoms with Crippen LogP contribution in [0.1, 0.15) is 10.4 Å². The molecule has 0 spiro atoms. The van der Waals surface area contributed by atoms with E-state index in [-0.39, 0.29) is 22.5 Å². The SMILES string of the molecule is N#C/C(=C/Nc1cc(F)ccc1F)C(=O)Nc1ccc(C(=O)O)cc1. The summed E-state index contributed by atoms with van der Waals surface area (Å²) in [5.41, 5.74) is -0.303. The zero-order valence-corrected chi connectivity index (χ0v) is 12.6. The van der Waals surface area contributed by atoms with Gasteiger partial charge in [-0.3, -0.25) is 4.79 Å². The lowest BCUT2D eigenvalue weighted by Gasteiger charge is -2.06. The summed E-state index contributed by atoms with van der Waals surface area (Å²) < 4.78 is 26.6. The number of nitrogens with zero attached hydrogens (tertiary/aromatic N) is 1. The highest BCUT2D eigenvalue weighted by atomic mass is 19.1. The lowest BCUT2D eigenvalue weighted by molar-refractivity contribution is -0.112. The highest BCUT2D eigenvalue weighted by Crippen LogP contribution is 2.16. The average molecular weight is 343 g/mol. The van der Waals surface area contributed by atoms with Crippen molar-refractivity contribution < 1.29 is 23.5 Å². The number of carbonyl (C=O) groups is 2. The van der Waals surface area contributed by atoms with Gasteiger partial charge in [-0.05, 0) is 36.4 Å². The zero-order valence-electron chi connectivity index (χ0n) is 12.6. The highest BCUT2D eigenvalue weighted by molar-refractivity contribution is 6.06. The Hall–Kier alpha value is -3.73. The Morgan fingerprint density at radius 1 is 1.12 bits per heavy atom. The van der Waals surface area contributed by atoms with Crippen molar-refractivity contribution >= 4 is 23.3 Å². The minimum Gasteiger partial charge on any atom is -0.478 e. The first-order chi connectivity index (χ1) is 11.9. The van der Waals surface area contributed by atoms with Crippen LogP contribution >= 0.6 is 0 Å². The largest absolute Gasteiger partial charge is 0.478 e. The molecule has 0 saturated heterocycles. The van der Waals surface area contributed by atoms with Crippen LogP contribution in [0.25, 0.3) is 0 Å². The van der Waals surface area contributed by atoms with Crippen LogP contribution in [-0.2, 0) is 4.79 Å². The molecule has 0 atom stereocenters. The van der Waals surface area contributed by atoms with Crippen LogP contribution in [0, 0.1) is 23.0 Å². The standard InChI is InChI=1S/C17H11F2N3O3/c18-12-3-6-14(19)15(7-12)21-9-11(8-20)16(23)22-13-4-1-10(2-5-13)17(24)25/h1-7,9,21H,(H,22,23)(H,24,25)/b11-9-. The number of carboxylic acid groups (broad SMARTS) is 1. The maximum Gasteiger partial charge on any atom is 0.335 e. The first kappa shape index (κ1) is 17.6. The summed E-state index contributed by atoms with van der Waals surface area (Å²) in [7, 11) is 0. The maximum atomic E-state index is 13.5. The van der Waals surface area contributed by atoms with Gasteiger partial charge in [-0.15, -0.1) is 0 Å². The Bertz CT molecular complexity index is 887. The van der Waals surface area contributed by atoms with Crippen molar-refractivity contribution in [3.8, 4) is 6.07 Å². The normalized spacial score (nSPS) is 10.7. The van der Waals surface area contributed by atoms with Gasteiger partial charge in [-0.2, -0.15) is 5.26 Å². The summed E-state index contributed by atoms with van der Waals surface area (Å²) in [4.78, 5) is 22.8. The Morgan fingerprint density at radius 3 is 2.40 bits per heavy atom. The number of nitrogens with one attached hydrogen (secondary N) is 2. The molecule has 0 bridgehead atoms. The van der Waals surface area contributed by atoms with E-state index >= 15 is 0 Å². The van der Waals surface area contributed by atoms with Crippen molar-refractivity contribution in [1.29, 1.82) is 5.26 Å². The summed E-state index contributed by atoms with van der Waals surface area (Å²) in [6.07, 6.45) is 0.943. The van der Waals surface area contributed by atoms with Gasteiger partial charge in [0, 0.05) is 18.0 Å². The molecule has 0 unspecified atom stereocenters. The number of nitriles is 1. The molecular formula is C17H11F2N3O3. The first-order valence-corrected chi connectivity index (χ1v) is 6.87. The Kier molecular flexibility index (Phi) is 5.43. The number of hydrogen-bond donors (Lipinski definition) is 3. The molecule has 0 aromatic heterocycles. The highest BCUT2D eigenvalue weighted by Gasteiger charge is 2.11. The molecule has 1 amide bonds. The van der Waals surface area contributed by atoms with Crippen LogP contribution in [-0.4, -0.2) is 17.0 Å². The van der Waals surface area contributed by atoms with Crippen LogP contribution in [0.4, 0.5) is 20.2 Å². The molecule has 0 saturated carbocycles. The summed E-state index contributed by atoms with van der Waals surface area (Å²) >= 11 is 0. The van der Waals surface area contributed by atoms with Gasteiger partial charge in [-0.1, -0.05) is 0 Å². The van der Waals surface area contributed by atoms with Gasteiger partial charge in [0.25, 0.3) is 5.91 Å². The number of halogens is 2. The average Bonchev–Trinajstić information content (AvgIpc) is 2.58. The second-order valence-corrected chi connectivity index (χ2v) is 4.77. The molecule has 6 nitrogen and oxygen atoms in total. The van der Waals surface area contributed by atoms with Gasteiger partial charge < -0.3 is 15.7 Å². The predicted molar refractivity (Wildman–Crippen MR) is 85.7 cm³/mol. The van der Waals surface area contributed by atoms with E-state index in [9.17, 15) is 18.4 Å². The van der Waals surface area contributed by atoms with Crippen molar-refractivity contribution in [3.63, 3.8) is 0 Å². The third-order valence-corrected chi connectivity index (χ3v) is 3.06. The van der Waals surface area contributed by atoms with Gasteiger partial charge in [0.1, 0.15) is 23.3 Å². The lowest BCUT2D eigenvalue weighted by atomic mass is 10.2. The van der Waals surface area contributed by atoms with E-state index < -0.39 is 23.5 Å². The minimum atomic E-state index is -1.11. The number of anilines is 2. The Morgan fingerprint density at radius 2 is 1.80 bits per heavy atom. The number of carbonyl (C=O) groups excluding carboxylic acids is 1. The number of amides is 1. The van der Waals surface area contributed by atoms with Gasteiger partial charge in [-0.25, -0.2) is 13.6 Å². The second-order valence-electron chi connectivity index (χ2n) is 4.77. The zero-order chi connectivity index (χ0) is 18.4. The molecule has 0 fully saturated rings. The Labute approximate surface area is 141 Å². The number of carboxylic acids is 1. The molecule has 2 aromatic rings. The van der Waals surface area contributed by atoms with Gasteiger partial charge in [0.2, 0.25) is 0 Å². The number of hydrogen-bond acceptors (Lipinski definition) is 4. The summed E-state index contributed by atoms with van der Waals surface area (Å²) in [6, 6.07) is 9.63. The van der Waals surface area contributed by atoms with E-state index in [1.54, 1.807) is 6.07 Å². The molecular weight excluding hydrogens is 332 g/mol. The van der Waals surface area contributed by atoms with Gasteiger partial charge in [0.05, 0.1) is 11.3 Å². The molecule has 25 heavy (non-hydrogen) atoms. The number of benzene rings is 2. The summed E-state index contributed by atoms with van der Waals surface area (Å²) in [6.45, 7) is 0. The minimum absolute atomic E-state index is 0.0392. The molecule has 0 heterocycles. The van der Waals surface area contributed by atoms with Crippen molar-refractivity contribution in [1.82, 2.24) is 0 Å². The van der Waals surface area contributed by atoms with Crippen LogP contribution in [0.3, 0.4) is 0 Å². The van der Waals surface area contributed by atoms with Crippen LogP contribution < -0.4 is 10.6 Å². The van der Waals surface area contributed by atoms with Crippen molar-refractivity contribution in [2.45, 2.75) is 0 Å². The van der Waals surface area contributed by atoms with E-state index in [1.165, 1.54) is 24.3 Å². The predicted octanol–water partition coefficient (Wildman–Crippen LogP) is 3.12. The molecule has 8 heteroatoms. The van der Waals surface area contributed by atoms with Crippen molar-refractivity contribution in [2.75, 3.05) is 10.6 Å². The van der Waals surface area contributed by atoms with E-state index in [2.05, 4.69) is 10.6 Å². The monoisotopic (exact) mass is 343 g/mol. The summed E-state index contributed by atoms with van der Waals surface area (Å²) in [5.74, 6) is -3.34. The van der Waals surface area contributed by atoms with Crippen LogP contribution in [0.5, 0.6) is 0 Å². The fraction of sp³-hybridized carbons (Fsp3) is 0. The van der Waals surface area contributed by atoms with E-state index in [0.29, 0.717) is 0 Å². The van der Waals surface area contributed by atoms with Gasteiger partial charge in [0.15, 0.2) is 0 Å². The molecule has 126 valence electrons. The third kappa shape index (κ3) is 4.62. The number of aromatic carboxylic acids is 1. The summed E-state index contributed by atoms with van der Waals surface area (Å²) in [5, 5.41) is 22.6. The van der Waals surface area contributed by atoms with Crippen molar-refractivity contribution in [2.24, 2.45) is 0 Å². The molecule has 3 N–H and O–H groups in total. The van der Waals surface area contributed by atoms with Crippen molar-refractivity contribution in [3.05, 3.63) is 71.4 Å². The molecule has 0 aliphatic rings. The molecule has 0 radical (unpaired) electrons. The fourth-order valence-corrected chi connectivity index (χ4v) is 1.80. The van der Waals surface area contributed by atoms with E-state index in [1.807, 2.05) is 0 Å². The fourth-order valence-electron chi connectivity index (χ4n) is 1.80. The van der Waals surface area contributed by atoms with Crippen LogP contribution in [0.15, 0.2) is 54.2 Å². The molecule has 0 aliphatic heterocycles. The topological polar surface area (TPSA) is 102 Å². The maximum absolute atomic E-state index is 13.5. The molecule has 0 aliphatic carbocycles. The van der Waals surface area contributed by atoms with Gasteiger partial charge >= 0.3 is 5.97 Å².